The van der Waals surface area contributed by atoms with Crippen molar-refractivity contribution in [2.45, 2.75) is 18.9 Å². The van der Waals surface area contributed by atoms with Gasteiger partial charge in [-0.1, -0.05) is 24.0 Å². The molecule has 1 saturated heterocycles. The van der Waals surface area contributed by atoms with Crippen LogP contribution in [0.25, 0.3) is 0 Å². The highest BCUT2D eigenvalue weighted by Crippen LogP contribution is 2.23. The summed E-state index contributed by atoms with van der Waals surface area (Å²) in [5.74, 6) is 5.84. The molecule has 4 heteroatoms. The van der Waals surface area contributed by atoms with Crippen molar-refractivity contribution in [3.8, 4) is 11.8 Å². The number of piperidine rings is 1. The molecule has 0 amide bonds. The number of nitrogens with zero attached hydrogens (tertiary/aromatic N) is 1. The molecule has 1 aliphatic rings. The van der Waals surface area contributed by atoms with Crippen LogP contribution in [0.5, 0.6) is 0 Å². The number of aliphatic hydroxyl groups excluding tert-OH is 2. The van der Waals surface area contributed by atoms with Crippen LogP contribution in [0.4, 0.5) is 10.1 Å². The fourth-order valence-corrected chi connectivity index (χ4v) is 3.01. The fourth-order valence-electron chi connectivity index (χ4n) is 3.01. The number of hydrogen-bond donors (Lipinski definition) is 2. The van der Waals surface area contributed by atoms with Crippen molar-refractivity contribution >= 4 is 5.69 Å². The zero-order valence-electron chi connectivity index (χ0n) is 14.0. The lowest BCUT2D eigenvalue weighted by molar-refractivity contribution is 0.203. The molecule has 1 aliphatic heterocycles. The van der Waals surface area contributed by atoms with Gasteiger partial charge >= 0.3 is 0 Å². The molecule has 1 fully saturated rings. The zero-order valence-corrected chi connectivity index (χ0v) is 14.0. The second kappa shape index (κ2) is 8.15. The standard InChI is InChI=1S/C21H22FNO2/c22-19-6-4-18(5-7-19)21(25)10-3-16-1-8-20(9-2-16)23-13-11-17(15-24)12-14-23/h1-2,4-9,17,21,24-25H,11-15H2. The summed E-state index contributed by atoms with van der Waals surface area (Å²) in [5.41, 5.74) is 2.56. The third-order valence-electron chi connectivity index (χ3n) is 4.64. The lowest BCUT2D eigenvalue weighted by atomic mass is 9.97. The van der Waals surface area contributed by atoms with E-state index >= 15 is 0 Å². The maximum absolute atomic E-state index is 12.9. The van der Waals surface area contributed by atoms with Gasteiger partial charge in [0.2, 0.25) is 0 Å². The predicted octanol–water partition coefficient (Wildman–Crippen LogP) is 3.12. The molecule has 2 aromatic rings. The van der Waals surface area contributed by atoms with Crippen molar-refractivity contribution in [1.82, 2.24) is 0 Å². The van der Waals surface area contributed by atoms with Crippen LogP contribution < -0.4 is 4.90 Å². The van der Waals surface area contributed by atoms with Crippen molar-refractivity contribution in [2.24, 2.45) is 5.92 Å². The third kappa shape index (κ3) is 4.60. The molecule has 0 spiro atoms. The van der Waals surface area contributed by atoms with Gasteiger partial charge in [-0.2, -0.15) is 0 Å². The first-order valence-electron chi connectivity index (χ1n) is 8.56. The third-order valence-corrected chi connectivity index (χ3v) is 4.64. The summed E-state index contributed by atoms with van der Waals surface area (Å²) in [4.78, 5) is 2.32. The van der Waals surface area contributed by atoms with E-state index in [2.05, 4.69) is 16.7 Å². The van der Waals surface area contributed by atoms with Gasteiger partial charge in [-0.15, -0.1) is 0 Å². The minimum absolute atomic E-state index is 0.277. The van der Waals surface area contributed by atoms with E-state index in [1.165, 1.54) is 24.3 Å². The van der Waals surface area contributed by atoms with Crippen molar-refractivity contribution in [3.05, 3.63) is 65.5 Å². The van der Waals surface area contributed by atoms with Gasteiger partial charge in [0.1, 0.15) is 11.9 Å². The molecular formula is C21H22FNO2. The van der Waals surface area contributed by atoms with E-state index in [1.54, 1.807) is 0 Å². The number of rotatable bonds is 3. The average Bonchev–Trinajstić information content (AvgIpc) is 2.67. The summed E-state index contributed by atoms with van der Waals surface area (Å²) in [7, 11) is 0. The maximum Gasteiger partial charge on any atom is 0.140 e. The number of hydrogen-bond acceptors (Lipinski definition) is 3. The van der Waals surface area contributed by atoms with E-state index in [0.717, 1.165) is 37.2 Å². The summed E-state index contributed by atoms with van der Waals surface area (Å²) in [5, 5.41) is 19.3. The largest absolute Gasteiger partial charge is 0.396 e. The Morgan fingerprint density at radius 2 is 1.68 bits per heavy atom. The Morgan fingerprint density at radius 1 is 1.04 bits per heavy atom. The second-order valence-electron chi connectivity index (χ2n) is 6.38. The van der Waals surface area contributed by atoms with E-state index in [4.69, 9.17) is 0 Å². The number of aliphatic hydroxyl groups is 2. The van der Waals surface area contributed by atoms with Crippen molar-refractivity contribution in [2.75, 3.05) is 24.6 Å². The van der Waals surface area contributed by atoms with Gasteiger partial charge in [0, 0.05) is 30.9 Å². The Bertz CT molecular complexity index is 738. The highest BCUT2D eigenvalue weighted by molar-refractivity contribution is 5.51. The van der Waals surface area contributed by atoms with Crippen LogP contribution in [0.1, 0.15) is 30.1 Å². The molecular weight excluding hydrogens is 317 g/mol. The first-order valence-corrected chi connectivity index (χ1v) is 8.56. The molecule has 1 atom stereocenters. The molecule has 130 valence electrons. The summed E-state index contributed by atoms with van der Waals surface area (Å²) < 4.78 is 12.9. The molecule has 1 heterocycles. The molecule has 0 aliphatic carbocycles. The normalized spacial score (nSPS) is 16.2. The van der Waals surface area contributed by atoms with Crippen LogP contribution in [-0.4, -0.2) is 29.9 Å². The molecule has 3 nitrogen and oxygen atoms in total. The molecule has 2 aromatic carbocycles. The van der Waals surface area contributed by atoms with Crippen LogP contribution in [0.2, 0.25) is 0 Å². The minimum atomic E-state index is -0.933. The Kier molecular flexibility index (Phi) is 5.70. The number of benzene rings is 2. The summed E-state index contributed by atoms with van der Waals surface area (Å²) in [6.07, 6.45) is 1.10. The van der Waals surface area contributed by atoms with E-state index in [1.807, 2.05) is 24.3 Å². The van der Waals surface area contributed by atoms with Gasteiger partial charge in [0.15, 0.2) is 0 Å². The molecule has 3 rings (SSSR count). The van der Waals surface area contributed by atoms with Gasteiger partial charge in [0.25, 0.3) is 0 Å². The van der Waals surface area contributed by atoms with Gasteiger partial charge in [-0.25, -0.2) is 4.39 Å². The molecule has 0 saturated carbocycles. The van der Waals surface area contributed by atoms with Gasteiger partial charge in [-0.05, 0) is 60.7 Å². The van der Waals surface area contributed by atoms with Crippen LogP contribution in [0.3, 0.4) is 0 Å². The Labute approximate surface area is 147 Å². The van der Waals surface area contributed by atoms with E-state index in [0.29, 0.717) is 11.5 Å². The number of halogens is 1. The average molecular weight is 339 g/mol. The highest BCUT2D eigenvalue weighted by atomic mass is 19.1. The molecule has 0 radical (unpaired) electrons. The molecule has 1 unspecified atom stereocenters. The first-order chi connectivity index (χ1) is 12.2. The van der Waals surface area contributed by atoms with Crippen molar-refractivity contribution in [3.63, 3.8) is 0 Å². The number of anilines is 1. The van der Waals surface area contributed by atoms with E-state index in [9.17, 15) is 14.6 Å². The van der Waals surface area contributed by atoms with Gasteiger partial charge in [-0.3, -0.25) is 0 Å². The Morgan fingerprint density at radius 3 is 2.28 bits per heavy atom. The SMILES string of the molecule is OCC1CCN(c2ccc(C#CC(O)c3ccc(F)cc3)cc2)CC1. The van der Waals surface area contributed by atoms with Gasteiger partial charge < -0.3 is 15.1 Å². The fraction of sp³-hybridized carbons (Fsp3) is 0.333. The highest BCUT2D eigenvalue weighted by Gasteiger charge is 2.18. The summed E-state index contributed by atoms with van der Waals surface area (Å²) in [6.45, 7) is 2.19. The molecule has 0 aromatic heterocycles. The lowest BCUT2D eigenvalue weighted by Gasteiger charge is -2.32. The first kappa shape index (κ1) is 17.5. The monoisotopic (exact) mass is 339 g/mol. The van der Waals surface area contributed by atoms with Crippen LogP contribution >= 0.6 is 0 Å². The van der Waals surface area contributed by atoms with E-state index < -0.39 is 6.10 Å². The van der Waals surface area contributed by atoms with Crippen molar-refractivity contribution < 1.29 is 14.6 Å². The molecule has 0 bridgehead atoms. The summed E-state index contributed by atoms with van der Waals surface area (Å²) >= 11 is 0. The summed E-state index contributed by atoms with van der Waals surface area (Å²) in [6, 6.07) is 13.7. The lowest BCUT2D eigenvalue weighted by Crippen LogP contribution is -2.34. The second-order valence-corrected chi connectivity index (χ2v) is 6.38. The smallest absolute Gasteiger partial charge is 0.140 e. The van der Waals surface area contributed by atoms with Crippen LogP contribution in [0.15, 0.2) is 48.5 Å². The molecule has 25 heavy (non-hydrogen) atoms. The molecule has 2 N–H and O–H groups in total. The predicted molar refractivity (Wildman–Crippen MR) is 96.7 cm³/mol. The van der Waals surface area contributed by atoms with Crippen LogP contribution in [0, 0.1) is 23.6 Å². The zero-order chi connectivity index (χ0) is 17.6. The van der Waals surface area contributed by atoms with Gasteiger partial charge in [0.05, 0.1) is 0 Å². The Balaban J connectivity index is 1.62. The quantitative estimate of drug-likeness (QED) is 0.845. The van der Waals surface area contributed by atoms with Crippen LogP contribution in [-0.2, 0) is 0 Å². The maximum atomic E-state index is 12.9. The minimum Gasteiger partial charge on any atom is -0.396 e. The Hall–Kier alpha value is -2.35. The topological polar surface area (TPSA) is 43.7 Å². The van der Waals surface area contributed by atoms with Crippen molar-refractivity contribution in [1.29, 1.82) is 0 Å². The van der Waals surface area contributed by atoms with E-state index in [-0.39, 0.29) is 12.4 Å².